The topological polar surface area (TPSA) is 88.2 Å². The van der Waals surface area contributed by atoms with E-state index in [2.05, 4.69) is 10.2 Å². The highest BCUT2D eigenvalue weighted by atomic mass is 32.2. The molecule has 0 bridgehead atoms. The molecule has 2 amide bonds. The Bertz CT molecular complexity index is 790. The molecule has 1 atom stereocenters. The summed E-state index contributed by atoms with van der Waals surface area (Å²) < 4.78 is 35.5. The smallest absolute Gasteiger partial charge is 0.317 e. The molecule has 1 aliphatic rings. The molecule has 0 saturated carbocycles. The lowest BCUT2D eigenvalue weighted by molar-refractivity contribution is 0.0794. The molecule has 9 heteroatoms. The van der Waals surface area contributed by atoms with Gasteiger partial charge in [-0.1, -0.05) is 6.07 Å². The monoisotopic (exact) mass is 441 g/mol. The summed E-state index contributed by atoms with van der Waals surface area (Å²) in [6.07, 6.45) is 1.88. The van der Waals surface area contributed by atoms with Crippen molar-refractivity contribution in [2.75, 3.05) is 43.4 Å². The Labute approximate surface area is 180 Å². The first kappa shape index (κ1) is 24.3. The van der Waals surface area contributed by atoms with Crippen LogP contribution < -0.4 is 14.4 Å². The van der Waals surface area contributed by atoms with E-state index in [1.54, 1.807) is 17.9 Å². The quantitative estimate of drug-likeness (QED) is 0.531. The van der Waals surface area contributed by atoms with Crippen LogP contribution >= 0.6 is 0 Å². The SMILES string of the molecule is CCNC(=O)N(Cc1ccc(N(CC)CC)cc1OS(=O)(=O)CC)C[C@@H]1CCCO1. The van der Waals surface area contributed by atoms with Gasteiger partial charge in [-0.3, -0.25) is 0 Å². The Balaban J connectivity index is 2.35. The molecule has 1 heterocycles. The minimum atomic E-state index is -3.70. The number of hydrogen-bond acceptors (Lipinski definition) is 6. The maximum atomic E-state index is 12.6. The molecule has 1 aliphatic heterocycles. The molecule has 1 aromatic rings. The summed E-state index contributed by atoms with van der Waals surface area (Å²) >= 11 is 0. The average molecular weight is 442 g/mol. The van der Waals surface area contributed by atoms with Gasteiger partial charge < -0.3 is 24.0 Å². The third-order valence-electron chi connectivity index (χ3n) is 5.17. The molecule has 170 valence electrons. The molecule has 1 fully saturated rings. The number of amides is 2. The standard InChI is InChI=1S/C21H35N3O5S/c1-5-22-21(25)24(16-19-10-9-13-28-19)15-17-11-12-18(23(6-2)7-3)14-20(17)29-30(26,27)8-4/h11-12,14,19H,5-10,13,15-16H2,1-4H3,(H,22,25)/t19-/m0/s1. The van der Waals surface area contributed by atoms with Gasteiger partial charge in [0.05, 0.1) is 18.4 Å². The van der Waals surface area contributed by atoms with Crippen molar-refractivity contribution in [2.24, 2.45) is 0 Å². The second-order valence-electron chi connectivity index (χ2n) is 7.25. The number of nitrogens with one attached hydrogen (secondary N) is 1. The van der Waals surface area contributed by atoms with E-state index in [0.717, 1.165) is 31.6 Å². The molecule has 1 N–H and O–H groups in total. The molecule has 2 rings (SSSR count). The van der Waals surface area contributed by atoms with Gasteiger partial charge in [0, 0.05) is 50.1 Å². The summed E-state index contributed by atoms with van der Waals surface area (Å²) in [4.78, 5) is 16.4. The molecule has 0 aliphatic carbocycles. The lowest BCUT2D eigenvalue weighted by atomic mass is 10.1. The van der Waals surface area contributed by atoms with Crippen molar-refractivity contribution in [2.45, 2.75) is 53.2 Å². The summed E-state index contributed by atoms with van der Waals surface area (Å²) in [7, 11) is -3.70. The number of anilines is 1. The molecule has 0 aromatic heterocycles. The number of rotatable bonds is 11. The fourth-order valence-electron chi connectivity index (χ4n) is 3.45. The van der Waals surface area contributed by atoms with E-state index >= 15 is 0 Å². The summed E-state index contributed by atoms with van der Waals surface area (Å²) in [6, 6.07) is 5.33. The molecular weight excluding hydrogens is 406 g/mol. The molecule has 8 nitrogen and oxygen atoms in total. The molecule has 0 spiro atoms. The number of hydrogen-bond donors (Lipinski definition) is 1. The Morgan fingerprint density at radius 1 is 1.23 bits per heavy atom. The van der Waals surface area contributed by atoms with Crippen molar-refractivity contribution < 1.29 is 22.1 Å². The first-order valence-corrected chi connectivity index (χ1v) is 12.4. The molecule has 30 heavy (non-hydrogen) atoms. The van der Waals surface area contributed by atoms with Gasteiger partial charge in [0.15, 0.2) is 0 Å². The third kappa shape index (κ3) is 6.77. The maximum absolute atomic E-state index is 12.6. The lowest BCUT2D eigenvalue weighted by Crippen LogP contribution is -2.43. The van der Waals surface area contributed by atoms with Gasteiger partial charge in [0.1, 0.15) is 5.75 Å². The van der Waals surface area contributed by atoms with Crippen molar-refractivity contribution >= 4 is 21.8 Å². The molecule has 0 radical (unpaired) electrons. The zero-order chi connectivity index (χ0) is 22.1. The van der Waals surface area contributed by atoms with Crippen LogP contribution in [0.15, 0.2) is 18.2 Å². The number of carbonyl (C=O) groups is 1. The van der Waals surface area contributed by atoms with Crippen LogP contribution in [0, 0.1) is 0 Å². The second kappa shape index (κ2) is 11.4. The Morgan fingerprint density at radius 2 is 1.97 bits per heavy atom. The van der Waals surface area contributed by atoms with Crippen LogP contribution in [-0.4, -0.2) is 64.0 Å². The Hall–Kier alpha value is -2.00. The van der Waals surface area contributed by atoms with Gasteiger partial charge in [0.25, 0.3) is 0 Å². The van der Waals surface area contributed by atoms with Crippen LogP contribution in [-0.2, 0) is 21.4 Å². The van der Waals surface area contributed by atoms with Crippen LogP contribution in [0.4, 0.5) is 10.5 Å². The summed E-state index contributed by atoms with van der Waals surface area (Å²) in [6.45, 7) is 11.0. The second-order valence-corrected chi connectivity index (χ2v) is 9.10. The number of urea groups is 1. The molecule has 0 unspecified atom stereocenters. The first-order chi connectivity index (χ1) is 14.3. The summed E-state index contributed by atoms with van der Waals surface area (Å²) in [5.41, 5.74) is 1.53. The number of carbonyl (C=O) groups excluding carboxylic acids is 1. The minimum Gasteiger partial charge on any atom is -0.382 e. The molecular formula is C21H35N3O5S. The van der Waals surface area contributed by atoms with Crippen LogP contribution in [0.25, 0.3) is 0 Å². The minimum absolute atomic E-state index is 0.00806. The van der Waals surface area contributed by atoms with Gasteiger partial charge >= 0.3 is 16.1 Å². The van der Waals surface area contributed by atoms with Crippen LogP contribution in [0.5, 0.6) is 5.75 Å². The lowest BCUT2D eigenvalue weighted by Gasteiger charge is -2.27. The largest absolute Gasteiger partial charge is 0.382 e. The van der Waals surface area contributed by atoms with Crippen molar-refractivity contribution in [3.05, 3.63) is 23.8 Å². The van der Waals surface area contributed by atoms with E-state index in [4.69, 9.17) is 8.92 Å². The van der Waals surface area contributed by atoms with Gasteiger partial charge in [-0.25, -0.2) is 4.79 Å². The van der Waals surface area contributed by atoms with Crippen LogP contribution in [0.3, 0.4) is 0 Å². The number of ether oxygens (including phenoxy) is 1. The highest BCUT2D eigenvalue weighted by Crippen LogP contribution is 2.29. The normalized spacial score (nSPS) is 16.3. The van der Waals surface area contributed by atoms with E-state index in [-0.39, 0.29) is 30.2 Å². The maximum Gasteiger partial charge on any atom is 0.317 e. The van der Waals surface area contributed by atoms with Crippen molar-refractivity contribution in [1.29, 1.82) is 0 Å². The average Bonchev–Trinajstić information content (AvgIpc) is 3.23. The predicted molar refractivity (Wildman–Crippen MR) is 119 cm³/mol. The van der Waals surface area contributed by atoms with Crippen LogP contribution in [0.2, 0.25) is 0 Å². The van der Waals surface area contributed by atoms with E-state index < -0.39 is 10.1 Å². The Kier molecular flexibility index (Phi) is 9.23. The van der Waals surface area contributed by atoms with E-state index in [9.17, 15) is 13.2 Å². The summed E-state index contributed by atoms with van der Waals surface area (Å²) in [5, 5.41) is 2.83. The highest BCUT2D eigenvalue weighted by molar-refractivity contribution is 7.87. The van der Waals surface area contributed by atoms with Gasteiger partial charge in [0.2, 0.25) is 0 Å². The molecule has 1 aromatic carbocycles. The zero-order valence-corrected chi connectivity index (χ0v) is 19.3. The fourth-order valence-corrected chi connectivity index (χ4v) is 4.00. The molecule has 1 saturated heterocycles. The van der Waals surface area contributed by atoms with Crippen molar-refractivity contribution in [3.8, 4) is 5.75 Å². The van der Waals surface area contributed by atoms with Crippen molar-refractivity contribution in [3.63, 3.8) is 0 Å². The predicted octanol–water partition coefficient (Wildman–Crippen LogP) is 2.97. The summed E-state index contributed by atoms with van der Waals surface area (Å²) in [5.74, 6) is 0.139. The third-order valence-corrected chi connectivity index (χ3v) is 6.31. The van der Waals surface area contributed by atoms with E-state index in [1.807, 2.05) is 32.9 Å². The zero-order valence-electron chi connectivity index (χ0n) is 18.5. The first-order valence-electron chi connectivity index (χ1n) is 10.8. The number of nitrogens with zero attached hydrogens (tertiary/aromatic N) is 2. The number of benzene rings is 1. The Morgan fingerprint density at radius 3 is 2.53 bits per heavy atom. The van der Waals surface area contributed by atoms with Gasteiger partial charge in [-0.2, -0.15) is 8.42 Å². The van der Waals surface area contributed by atoms with E-state index in [0.29, 0.717) is 25.3 Å². The van der Waals surface area contributed by atoms with Crippen LogP contribution in [0.1, 0.15) is 46.1 Å². The van der Waals surface area contributed by atoms with E-state index in [1.165, 1.54) is 0 Å². The van der Waals surface area contributed by atoms with Gasteiger partial charge in [-0.15, -0.1) is 0 Å². The fraction of sp³-hybridized carbons (Fsp3) is 0.667. The van der Waals surface area contributed by atoms with Gasteiger partial charge in [-0.05, 0) is 46.6 Å². The highest BCUT2D eigenvalue weighted by Gasteiger charge is 2.24. The van der Waals surface area contributed by atoms with Crippen molar-refractivity contribution in [1.82, 2.24) is 10.2 Å².